The number of benzene rings is 3. The second-order valence-electron chi connectivity index (χ2n) is 8.83. The zero-order valence-electron chi connectivity index (χ0n) is 21.2. The molecule has 1 aliphatic heterocycles. The number of halogens is 1. The maximum Gasteiger partial charge on any atom is 0.266 e. The van der Waals surface area contributed by atoms with Crippen molar-refractivity contribution in [2.45, 2.75) is 13.0 Å². The topological polar surface area (TPSA) is 56.6 Å². The van der Waals surface area contributed by atoms with E-state index in [4.69, 9.17) is 38.4 Å². The van der Waals surface area contributed by atoms with Gasteiger partial charge in [-0.2, -0.15) is 5.10 Å². The van der Waals surface area contributed by atoms with Gasteiger partial charge < -0.3 is 9.47 Å². The largest absolute Gasteiger partial charge is 0.489 e. The molecule has 1 fully saturated rings. The molecular weight excluding hydrogens is 550 g/mol. The van der Waals surface area contributed by atoms with Gasteiger partial charge in [-0.15, -0.1) is 0 Å². The lowest BCUT2D eigenvalue weighted by atomic mass is 10.1. The monoisotopic (exact) mass is 575 g/mol. The smallest absolute Gasteiger partial charge is 0.266 e. The molecule has 0 unspecified atom stereocenters. The number of thioether (sulfide) groups is 1. The third-order valence-corrected chi connectivity index (χ3v) is 7.73. The van der Waals surface area contributed by atoms with E-state index in [0.29, 0.717) is 34.0 Å². The molecule has 0 radical (unpaired) electrons. The number of methoxy groups -OCH3 is 1. The molecule has 0 N–H and O–H groups in total. The molecule has 0 saturated carbocycles. The van der Waals surface area contributed by atoms with Crippen molar-refractivity contribution in [3.8, 4) is 22.7 Å². The van der Waals surface area contributed by atoms with E-state index in [1.54, 1.807) is 12.0 Å². The SMILES string of the molecule is COCCCN1C(=O)/C(=C/c2cn(-c3ccccc3)nc2-c2ccc(OCc3ccc(Cl)cc3)cc2)SC1=S. The van der Waals surface area contributed by atoms with E-state index in [1.807, 2.05) is 95.8 Å². The van der Waals surface area contributed by atoms with E-state index in [1.165, 1.54) is 11.8 Å². The van der Waals surface area contributed by atoms with Crippen molar-refractivity contribution in [3.05, 3.63) is 106 Å². The van der Waals surface area contributed by atoms with E-state index in [2.05, 4.69) is 0 Å². The summed E-state index contributed by atoms with van der Waals surface area (Å²) in [7, 11) is 1.65. The molecule has 0 bridgehead atoms. The molecule has 5 rings (SSSR count). The Balaban J connectivity index is 1.41. The Morgan fingerprint density at radius 3 is 2.49 bits per heavy atom. The second kappa shape index (κ2) is 12.6. The highest BCUT2D eigenvalue weighted by molar-refractivity contribution is 8.26. The van der Waals surface area contributed by atoms with Crippen LogP contribution in [0.4, 0.5) is 0 Å². The molecular formula is C30H26ClN3O3S2. The van der Waals surface area contributed by atoms with E-state index in [0.717, 1.165) is 40.2 Å². The minimum absolute atomic E-state index is 0.0922. The fourth-order valence-electron chi connectivity index (χ4n) is 4.09. The third-order valence-electron chi connectivity index (χ3n) is 6.10. The molecule has 4 aromatic rings. The first-order valence-electron chi connectivity index (χ1n) is 12.4. The summed E-state index contributed by atoms with van der Waals surface area (Å²) >= 11 is 12.8. The van der Waals surface area contributed by atoms with Crippen LogP contribution in [0, 0.1) is 0 Å². The maximum absolute atomic E-state index is 13.1. The Morgan fingerprint density at radius 1 is 1.03 bits per heavy atom. The Kier molecular flexibility index (Phi) is 8.78. The molecule has 1 saturated heterocycles. The van der Waals surface area contributed by atoms with Crippen LogP contribution in [0.3, 0.4) is 0 Å². The minimum Gasteiger partial charge on any atom is -0.489 e. The average molecular weight is 576 g/mol. The van der Waals surface area contributed by atoms with E-state index >= 15 is 0 Å². The van der Waals surface area contributed by atoms with Crippen LogP contribution in [-0.2, 0) is 16.1 Å². The summed E-state index contributed by atoms with van der Waals surface area (Å²) < 4.78 is 13.5. The number of nitrogens with zero attached hydrogens (tertiary/aromatic N) is 3. The molecule has 0 atom stereocenters. The quantitative estimate of drug-likeness (QED) is 0.115. The van der Waals surface area contributed by atoms with Crippen LogP contribution in [-0.4, -0.2) is 45.2 Å². The average Bonchev–Trinajstić information content (AvgIpc) is 3.50. The van der Waals surface area contributed by atoms with Gasteiger partial charge in [-0.05, 0) is 66.6 Å². The predicted octanol–water partition coefficient (Wildman–Crippen LogP) is 7.01. The summed E-state index contributed by atoms with van der Waals surface area (Å²) in [6.45, 7) is 1.55. The first-order chi connectivity index (χ1) is 19.0. The number of carbonyl (C=O) groups is 1. The first kappa shape index (κ1) is 27.1. The van der Waals surface area contributed by atoms with Crippen molar-refractivity contribution < 1.29 is 14.3 Å². The zero-order valence-corrected chi connectivity index (χ0v) is 23.6. The van der Waals surface area contributed by atoms with E-state index < -0.39 is 0 Å². The number of hydrogen-bond acceptors (Lipinski definition) is 6. The molecule has 198 valence electrons. The number of para-hydroxylation sites is 1. The van der Waals surface area contributed by atoms with Crippen LogP contribution in [0.2, 0.25) is 5.02 Å². The molecule has 1 aromatic heterocycles. The first-order valence-corrected chi connectivity index (χ1v) is 14.0. The Morgan fingerprint density at radius 2 is 1.77 bits per heavy atom. The molecule has 1 amide bonds. The lowest BCUT2D eigenvalue weighted by molar-refractivity contribution is -0.122. The zero-order chi connectivity index (χ0) is 27.2. The highest BCUT2D eigenvalue weighted by atomic mass is 35.5. The summed E-state index contributed by atoms with van der Waals surface area (Å²) in [6.07, 6.45) is 4.54. The molecule has 9 heteroatoms. The Hall–Kier alpha value is -3.43. The summed E-state index contributed by atoms with van der Waals surface area (Å²) in [6, 6.07) is 25.3. The van der Waals surface area contributed by atoms with Crippen molar-refractivity contribution in [3.63, 3.8) is 0 Å². The van der Waals surface area contributed by atoms with E-state index in [-0.39, 0.29) is 5.91 Å². The Labute approximate surface area is 242 Å². The highest BCUT2D eigenvalue weighted by Crippen LogP contribution is 2.35. The summed E-state index contributed by atoms with van der Waals surface area (Å²) in [5.74, 6) is 0.653. The van der Waals surface area contributed by atoms with Gasteiger partial charge in [0.25, 0.3) is 5.91 Å². The van der Waals surface area contributed by atoms with Crippen molar-refractivity contribution >= 4 is 51.9 Å². The van der Waals surface area contributed by atoms with Gasteiger partial charge in [0.2, 0.25) is 0 Å². The molecule has 2 heterocycles. The van der Waals surface area contributed by atoms with Gasteiger partial charge in [-0.3, -0.25) is 9.69 Å². The summed E-state index contributed by atoms with van der Waals surface area (Å²) in [5.41, 5.74) is 4.45. The van der Waals surface area contributed by atoms with Crippen LogP contribution in [0.1, 0.15) is 17.5 Å². The normalized spacial score (nSPS) is 14.4. The van der Waals surface area contributed by atoms with Crippen LogP contribution in [0.25, 0.3) is 23.0 Å². The number of hydrogen-bond donors (Lipinski definition) is 0. The molecule has 1 aliphatic rings. The standard InChI is InChI=1S/C30H26ClN3O3S2/c1-36-17-5-16-33-29(35)27(39-30(33)38)18-23-19-34(25-6-3-2-4-7-25)32-28(23)22-10-14-26(15-11-22)37-20-21-8-12-24(31)13-9-21/h2-4,6-15,18-19H,5,16-17,20H2,1H3/b27-18-. The van der Waals surface area contributed by atoms with Gasteiger partial charge in [0.1, 0.15) is 16.7 Å². The van der Waals surface area contributed by atoms with Crippen molar-refractivity contribution in [1.82, 2.24) is 14.7 Å². The van der Waals surface area contributed by atoms with Crippen LogP contribution >= 0.6 is 35.6 Å². The van der Waals surface area contributed by atoms with Crippen LogP contribution in [0.5, 0.6) is 5.75 Å². The minimum atomic E-state index is -0.0922. The second-order valence-corrected chi connectivity index (χ2v) is 10.9. The summed E-state index contributed by atoms with van der Waals surface area (Å²) in [5, 5.41) is 5.58. The van der Waals surface area contributed by atoms with Crippen molar-refractivity contribution in [2.75, 3.05) is 20.3 Å². The number of amides is 1. The molecule has 3 aromatic carbocycles. The molecule has 6 nitrogen and oxygen atoms in total. The lowest BCUT2D eigenvalue weighted by Crippen LogP contribution is -2.29. The highest BCUT2D eigenvalue weighted by Gasteiger charge is 2.32. The van der Waals surface area contributed by atoms with Gasteiger partial charge in [0.05, 0.1) is 16.3 Å². The fraction of sp³-hybridized carbons (Fsp3) is 0.167. The van der Waals surface area contributed by atoms with E-state index in [9.17, 15) is 4.79 Å². The van der Waals surface area contributed by atoms with Gasteiger partial charge in [0, 0.05) is 42.6 Å². The fourth-order valence-corrected chi connectivity index (χ4v) is 5.51. The molecule has 39 heavy (non-hydrogen) atoms. The number of rotatable bonds is 10. The van der Waals surface area contributed by atoms with Gasteiger partial charge in [0.15, 0.2) is 0 Å². The molecule has 0 spiro atoms. The van der Waals surface area contributed by atoms with Crippen molar-refractivity contribution in [1.29, 1.82) is 0 Å². The number of aromatic nitrogens is 2. The van der Waals surface area contributed by atoms with Gasteiger partial charge >= 0.3 is 0 Å². The maximum atomic E-state index is 13.1. The molecule has 0 aliphatic carbocycles. The summed E-state index contributed by atoms with van der Waals surface area (Å²) in [4.78, 5) is 15.4. The number of carbonyl (C=O) groups excluding carboxylic acids is 1. The third kappa shape index (κ3) is 6.59. The van der Waals surface area contributed by atoms with Crippen LogP contribution in [0.15, 0.2) is 90.0 Å². The Bertz CT molecular complexity index is 1490. The number of thiocarbonyl (C=S) groups is 1. The van der Waals surface area contributed by atoms with Gasteiger partial charge in [-0.1, -0.05) is 65.9 Å². The van der Waals surface area contributed by atoms with Crippen LogP contribution < -0.4 is 4.74 Å². The lowest BCUT2D eigenvalue weighted by Gasteiger charge is -2.13. The number of ether oxygens (including phenoxy) is 2. The predicted molar refractivity (Wildman–Crippen MR) is 161 cm³/mol. The van der Waals surface area contributed by atoms with Crippen molar-refractivity contribution in [2.24, 2.45) is 0 Å². The van der Waals surface area contributed by atoms with Gasteiger partial charge in [-0.25, -0.2) is 4.68 Å².